The summed E-state index contributed by atoms with van der Waals surface area (Å²) in [6.07, 6.45) is 0. The molecule has 6 nitrogen and oxygen atoms in total. The maximum absolute atomic E-state index is 12.2. The molecule has 0 fully saturated rings. The van der Waals surface area contributed by atoms with E-state index in [1.807, 2.05) is 21.0 Å². The Labute approximate surface area is 138 Å². The molecule has 0 amide bonds. The summed E-state index contributed by atoms with van der Waals surface area (Å²) in [6.45, 7) is 1.96. The zero-order valence-corrected chi connectivity index (χ0v) is 14.9. The summed E-state index contributed by atoms with van der Waals surface area (Å²) in [7, 11) is 0.110. The van der Waals surface area contributed by atoms with Crippen LogP contribution in [0.1, 0.15) is 11.4 Å². The molecule has 1 heterocycles. The summed E-state index contributed by atoms with van der Waals surface area (Å²) < 4.78 is 27.9. The summed E-state index contributed by atoms with van der Waals surface area (Å²) in [6, 6.07) is 8.23. The van der Waals surface area contributed by atoms with Gasteiger partial charge in [-0.1, -0.05) is 15.9 Å². The van der Waals surface area contributed by atoms with Crippen molar-refractivity contribution in [3.8, 4) is 0 Å². The number of hydrogen-bond acceptors (Lipinski definition) is 5. The highest BCUT2D eigenvalue weighted by Gasteiger charge is 2.14. The van der Waals surface area contributed by atoms with Gasteiger partial charge in [-0.25, -0.2) is 23.1 Å². The lowest BCUT2D eigenvalue weighted by molar-refractivity contribution is 0.580. The molecule has 0 unspecified atom stereocenters. The van der Waals surface area contributed by atoms with E-state index in [9.17, 15) is 8.42 Å². The molecule has 1 aromatic heterocycles. The number of rotatable bonds is 5. The molecule has 0 aliphatic heterocycles. The van der Waals surface area contributed by atoms with Crippen LogP contribution >= 0.6 is 15.9 Å². The molecule has 0 bridgehead atoms. The summed E-state index contributed by atoms with van der Waals surface area (Å²) in [5.41, 5.74) is 1.41. The van der Waals surface area contributed by atoms with Crippen LogP contribution in [0.3, 0.4) is 0 Å². The van der Waals surface area contributed by atoms with Crippen LogP contribution in [0.25, 0.3) is 0 Å². The third kappa shape index (κ3) is 4.25. The van der Waals surface area contributed by atoms with Crippen molar-refractivity contribution in [2.75, 3.05) is 19.0 Å². The number of nitrogens with zero attached hydrogens (tertiary/aromatic N) is 3. The molecule has 0 radical (unpaired) electrons. The second-order valence-corrected chi connectivity index (χ2v) is 7.66. The normalized spacial score (nSPS) is 11.5. The molecule has 8 heteroatoms. The highest BCUT2D eigenvalue weighted by molar-refractivity contribution is 9.10. The topological polar surface area (TPSA) is 75.2 Å². The molecule has 0 spiro atoms. The van der Waals surface area contributed by atoms with E-state index in [4.69, 9.17) is 0 Å². The largest absolute Gasteiger partial charge is 0.347 e. The number of benzene rings is 1. The van der Waals surface area contributed by atoms with Gasteiger partial charge in [0.2, 0.25) is 16.0 Å². The molecular formula is C14H17BrN4O2S. The number of anilines is 1. The van der Waals surface area contributed by atoms with E-state index in [0.29, 0.717) is 11.6 Å². The molecule has 1 N–H and O–H groups in total. The molecule has 0 aliphatic carbocycles. The molecule has 22 heavy (non-hydrogen) atoms. The van der Waals surface area contributed by atoms with Crippen molar-refractivity contribution in [3.63, 3.8) is 0 Å². The maximum atomic E-state index is 12.2. The molecule has 0 saturated heterocycles. The van der Waals surface area contributed by atoms with E-state index in [2.05, 4.69) is 30.6 Å². The smallest absolute Gasteiger partial charge is 0.240 e. The van der Waals surface area contributed by atoms with Gasteiger partial charge in [-0.15, -0.1) is 0 Å². The third-order valence-corrected chi connectivity index (χ3v) is 4.81. The van der Waals surface area contributed by atoms with Gasteiger partial charge in [0.15, 0.2) is 0 Å². The average molecular weight is 385 g/mol. The van der Waals surface area contributed by atoms with E-state index in [1.165, 1.54) is 0 Å². The van der Waals surface area contributed by atoms with Crippen LogP contribution in [0.2, 0.25) is 0 Å². The van der Waals surface area contributed by atoms with Crippen LogP contribution in [0.5, 0.6) is 0 Å². The predicted molar refractivity (Wildman–Crippen MR) is 89.3 cm³/mol. The quantitative estimate of drug-likeness (QED) is 0.853. The van der Waals surface area contributed by atoms with Gasteiger partial charge < -0.3 is 4.90 Å². The standard InChI is InChI=1S/C14H17BrN4O2S/c1-10-8-12(18-14(17-10)19(2)3)9-16-22(20,21)13-6-4-11(15)5-7-13/h4-8,16H,9H2,1-3H3. The first-order valence-electron chi connectivity index (χ1n) is 6.55. The van der Waals surface area contributed by atoms with Crippen molar-refractivity contribution >= 4 is 31.9 Å². The highest BCUT2D eigenvalue weighted by Crippen LogP contribution is 2.15. The van der Waals surface area contributed by atoms with E-state index in [-0.39, 0.29) is 11.4 Å². The van der Waals surface area contributed by atoms with E-state index in [1.54, 1.807) is 35.2 Å². The minimum absolute atomic E-state index is 0.114. The van der Waals surface area contributed by atoms with Crippen LogP contribution in [0, 0.1) is 6.92 Å². The molecular weight excluding hydrogens is 368 g/mol. The molecule has 0 saturated carbocycles. The van der Waals surface area contributed by atoms with Crippen LogP contribution in [-0.2, 0) is 16.6 Å². The zero-order valence-electron chi connectivity index (χ0n) is 12.5. The Morgan fingerprint density at radius 1 is 1.18 bits per heavy atom. The number of nitrogens with one attached hydrogen (secondary N) is 1. The van der Waals surface area contributed by atoms with Gasteiger partial charge >= 0.3 is 0 Å². The van der Waals surface area contributed by atoms with Crippen molar-refractivity contribution < 1.29 is 8.42 Å². The molecule has 2 aromatic rings. The van der Waals surface area contributed by atoms with E-state index >= 15 is 0 Å². The summed E-state index contributed by atoms with van der Waals surface area (Å²) >= 11 is 3.28. The Morgan fingerprint density at radius 3 is 2.41 bits per heavy atom. The SMILES string of the molecule is Cc1cc(CNS(=O)(=O)c2ccc(Br)cc2)nc(N(C)C)n1. The van der Waals surface area contributed by atoms with E-state index in [0.717, 1.165) is 10.2 Å². The molecule has 0 aliphatic rings. The zero-order chi connectivity index (χ0) is 16.3. The monoisotopic (exact) mass is 384 g/mol. The average Bonchev–Trinajstić information content (AvgIpc) is 2.45. The highest BCUT2D eigenvalue weighted by atomic mass is 79.9. The summed E-state index contributed by atoms with van der Waals surface area (Å²) in [5.74, 6) is 0.554. The van der Waals surface area contributed by atoms with Crippen LogP contribution < -0.4 is 9.62 Å². The lowest BCUT2D eigenvalue weighted by Gasteiger charge is -2.13. The number of aromatic nitrogens is 2. The van der Waals surface area contributed by atoms with Crippen molar-refractivity contribution in [2.45, 2.75) is 18.4 Å². The first-order valence-corrected chi connectivity index (χ1v) is 8.83. The van der Waals surface area contributed by atoms with Gasteiger partial charge in [0, 0.05) is 24.3 Å². The fourth-order valence-electron chi connectivity index (χ4n) is 1.77. The van der Waals surface area contributed by atoms with Crippen LogP contribution in [-0.4, -0.2) is 32.5 Å². The van der Waals surface area contributed by atoms with Gasteiger partial charge in [-0.3, -0.25) is 0 Å². The predicted octanol–water partition coefficient (Wildman–Crippen LogP) is 2.09. The Kier molecular flexibility index (Phi) is 5.15. The third-order valence-electron chi connectivity index (χ3n) is 2.86. The molecule has 118 valence electrons. The number of sulfonamides is 1. The molecule has 0 atom stereocenters. The van der Waals surface area contributed by atoms with Crippen LogP contribution in [0.15, 0.2) is 39.7 Å². The van der Waals surface area contributed by atoms with Crippen molar-refractivity contribution in [2.24, 2.45) is 0 Å². The minimum atomic E-state index is -3.57. The number of halogens is 1. The number of aryl methyl sites for hydroxylation is 1. The first-order chi connectivity index (χ1) is 10.3. The Balaban J connectivity index is 2.17. The molecule has 1 aromatic carbocycles. The second-order valence-electron chi connectivity index (χ2n) is 4.97. The Morgan fingerprint density at radius 2 is 1.82 bits per heavy atom. The maximum Gasteiger partial charge on any atom is 0.240 e. The fourth-order valence-corrected chi connectivity index (χ4v) is 3.04. The van der Waals surface area contributed by atoms with Gasteiger partial charge in [0.05, 0.1) is 17.1 Å². The molecule has 2 rings (SSSR count). The second kappa shape index (κ2) is 6.72. The van der Waals surface area contributed by atoms with Gasteiger partial charge in [-0.2, -0.15) is 0 Å². The van der Waals surface area contributed by atoms with Crippen molar-refractivity contribution in [1.29, 1.82) is 0 Å². The van der Waals surface area contributed by atoms with Gasteiger partial charge in [0.25, 0.3) is 0 Å². The van der Waals surface area contributed by atoms with E-state index < -0.39 is 10.0 Å². The fraction of sp³-hybridized carbons (Fsp3) is 0.286. The summed E-state index contributed by atoms with van der Waals surface area (Å²) in [4.78, 5) is 10.6. The van der Waals surface area contributed by atoms with Crippen molar-refractivity contribution in [3.05, 3.63) is 46.2 Å². The van der Waals surface area contributed by atoms with Crippen LogP contribution in [0.4, 0.5) is 5.95 Å². The van der Waals surface area contributed by atoms with Crippen molar-refractivity contribution in [1.82, 2.24) is 14.7 Å². The van der Waals surface area contributed by atoms with Gasteiger partial charge in [-0.05, 0) is 37.3 Å². The Bertz CT molecular complexity index is 761. The lowest BCUT2D eigenvalue weighted by Crippen LogP contribution is -2.24. The summed E-state index contributed by atoms with van der Waals surface area (Å²) in [5, 5.41) is 0. The lowest BCUT2D eigenvalue weighted by atomic mass is 10.3. The van der Waals surface area contributed by atoms with Gasteiger partial charge in [0.1, 0.15) is 0 Å². The number of hydrogen-bond donors (Lipinski definition) is 1. The Hall–Kier alpha value is -1.51. The first kappa shape index (κ1) is 16.9. The minimum Gasteiger partial charge on any atom is -0.347 e.